The van der Waals surface area contributed by atoms with Crippen molar-refractivity contribution < 1.29 is 0 Å². The van der Waals surface area contributed by atoms with E-state index in [9.17, 15) is 0 Å². The summed E-state index contributed by atoms with van der Waals surface area (Å²) in [6, 6.07) is 4.25. The van der Waals surface area contributed by atoms with Gasteiger partial charge in [0.1, 0.15) is 0 Å². The van der Waals surface area contributed by atoms with Crippen molar-refractivity contribution in [2.24, 2.45) is 5.73 Å². The summed E-state index contributed by atoms with van der Waals surface area (Å²) in [5.41, 5.74) is 9.06. The van der Waals surface area contributed by atoms with Crippen molar-refractivity contribution >= 4 is 17.2 Å². The summed E-state index contributed by atoms with van der Waals surface area (Å²) in [5.74, 6) is 0.905. The molecule has 2 aromatic rings. The van der Waals surface area contributed by atoms with Crippen LogP contribution in [-0.4, -0.2) is 23.8 Å². The Morgan fingerprint density at radius 3 is 2.74 bits per heavy atom. The zero-order valence-corrected chi connectivity index (χ0v) is 12.5. The highest BCUT2D eigenvalue weighted by Crippen LogP contribution is 2.21. The Balaban J connectivity index is 2.14. The van der Waals surface area contributed by atoms with Gasteiger partial charge in [-0.2, -0.15) is 5.10 Å². The zero-order chi connectivity index (χ0) is 13.8. The van der Waals surface area contributed by atoms with Crippen LogP contribution in [0.5, 0.6) is 0 Å². The average Bonchev–Trinajstić information content (AvgIpc) is 2.92. The van der Waals surface area contributed by atoms with Gasteiger partial charge in [0.25, 0.3) is 0 Å². The third-order valence-corrected chi connectivity index (χ3v) is 4.34. The minimum atomic E-state index is 0.501. The van der Waals surface area contributed by atoms with E-state index in [1.165, 1.54) is 4.88 Å². The molecule has 0 spiro atoms. The highest BCUT2D eigenvalue weighted by Gasteiger charge is 2.13. The van der Waals surface area contributed by atoms with E-state index in [-0.39, 0.29) is 0 Å². The highest BCUT2D eigenvalue weighted by molar-refractivity contribution is 7.09. The lowest BCUT2D eigenvalue weighted by atomic mass is 10.1. The van der Waals surface area contributed by atoms with Gasteiger partial charge in [0.2, 0.25) is 0 Å². The maximum absolute atomic E-state index is 5.86. The van der Waals surface area contributed by atoms with Gasteiger partial charge in [-0.15, -0.1) is 16.4 Å². The Morgan fingerprint density at radius 1 is 1.32 bits per heavy atom. The van der Waals surface area contributed by atoms with Gasteiger partial charge in [-0.25, -0.2) is 0 Å². The maximum Gasteiger partial charge on any atom is 0.155 e. The third-order valence-electron chi connectivity index (χ3n) is 3.40. The fourth-order valence-electron chi connectivity index (χ4n) is 2.03. The number of rotatable bonds is 5. The molecule has 0 saturated heterocycles. The van der Waals surface area contributed by atoms with Crippen LogP contribution in [0.25, 0.3) is 0 Å². The Bertz CT molecular complexity index is 537. The van der Waals surface area contributed by atoms with Crippen molar-refractivity contribution in [3.63, 3.8) is 0 Å². The number of nitrogens with zero attached hydrogens (tertiary/aromatic N) is 3. The molecular formula is C14H20N4S. The van der Waals surface area contributed by atoms with E-state index in [0.717, 1.165) is 35.6 Å². The van der Waals surface area contributed by atoms with Crippen LogP contribution >= 0.6 is 11.3 Å². The fourth-order valence-corrected chi connectivity index (χ4v) is 2.73. The first kappa shape index (κ1) is 14.0. The molecular weight excluding hydrogens is 256 g/mol. The van der Waals surface area contributed by atoms with E-state index >= 15 is 0 Å². The zero-order valence-electron chi connectivity index (χ0n) is 11.7. The molecule has 102 valence electrons. The molecule has 0 aliphatic rings. The van der Waals surface area contributed by atoms with Gasteiger partial charge in [0.05, 0.1) is 5.69 Å². The average molecular weight is 276 g/mol. The number of thiophene rings is 1. The van der Waals surface area contributed by atoms with Crippen molar-refractivity contribution in [2.45, 2.75) is 26.8 Å². The van der Waals surface area contributed by atoms with E-state index < -0.39 is 0 Å². The molecule has 0 atom stereocenters. The molecule has 0 aliphatic carbocycles. The lowest BCUT2D eigenvalue weighted by molar-refractivity contribution is 0.813. The first-order valence-electron chi connectivity index (χ1n) is 6.39. The predicted octanol–water partition coefficient (Wildman–Crippen LogP) is 2.29. The van der Waals surface area contributed by atoms with Crippen molar-refractivity contribution in [3.05, 3.63) is 39.2 Å². The third kappa shape index (κ3) is 3.11. The van der Waals surface area contributed by atoms with Crippen LogP contribution in [0.2, 0.25) is 0 Å². The molecule has 0 radical (unpaired) electrons. The highest BCUT2D eigenvalue weighted by atomic mass is 32.1. The number of nitrogens with two attached hydrogens (primary N) is 1. The first-order valence-corrected chi connectivity index (χ1v) is 7.27. The van der Waals surface area contributed by atoms with Crippen molar-refractivity contribution in [3.8, 4) is 0 Å². The van der Waals surface area contributed by atoms with E-state index in [4.69, 9.17) is 5.73 Å². The molecule has 0 aromatic carbocycles. The van der Waals surface area contributed by atoms with Gasteiger partial charge in [-0.3, -0.25) is 0 Å². The minimum Gasteiger partial charge on any atom is -0.358 e. The first-order chi connectivity index (χ1) is 9.13. The summed E-state index contributed by atoms with van der Waals surface area (Å²) in [4.78, 5) is 3.53. The van der Waals surface area contributed by atoms with Crippen molar-refractivity contribution in [1.82, 2.24) is 10.2 Å². The molecule has 2 rings (SSSR count). The maximum atomic E-state index is 5.86. The largest absolute Gasteiger partial charge is 0.358 e. The van der Waals surface area contributed by atoms with Gasteiger partial charge < -0.3 is 10.6 Å². The Kier molecular flexibility index (Phi) is 4.50. The molecule has 0 aliphatic heterocycles. The van der Waals surface area contributed by atoms with Crippen LogP contribution in [-0.2, 0) is 13.0 Å². The summed E-state index contributed by atoms with van der Waals surface area (Å²) in [6.07, 6.45) is 1.02. The molecule has 2 N–H and O–H groups in total. The summed E-state index contributed by atoms with van der Waals surface area (Å²) in [6.45, 7) is 5.45. The van der Waals surface area contributed by atoms with E-state index in [1.54, 1.807) is 11.3 Å². The molecule has 0 amide bonds. The lowest BCUT2D eigenvalue weighted by Gasteiger charge is -2.21. The number of likely N-dealkylation sites (N-methyl/N-ethyl adjacent to an activating group) is 1. The molecule has 0 bridgehead atoms. The van der Waals surface area contributed by atoms with E-state index in [0.29, 0.717) is 6.54 Å². The molecule has 0 saturated carbocycles. The van der Waals surface area contributed by atoms with Gasteiger partial charge in [-0.05, 0) is 37.3 Å². The summed E-state index contributed by atoms with van der Waals surface area (Å²) in [7, 11) is 2.05. The number of hydrogen-bond donors (Lipinski definition) is 1. The Labute approximate surface area is 118 Å². The van der Waals surface area contributed by atoms with Crippen molar-refractivity contribution in [2.75, 3.05) is 18.5 Å². The van der Waals surface area contributed by atoms with Crippen molar-refractivity contribution in [1.29, 1.82) is 0 Å². The second-order valence-corrected chi connectivity index (χ2v) is 5.70. The summed E-state index contributed by atoms with van der Waals surface area (Å²) >= 11 is 1.79. The topological polar surface area (TPSA) is 55.0 Å². The van der Waals surface area contributed by atoms with Crippen LogP contribution in [0.15, 0.2) is 17.5 Å². The predicted molar refractivity (Wildman–Crippen MR) is 80.7 cm³/mol. The minimum absolute atomic E-state index is 0.501. The fraction of sp³-hybridized carbons (Fsp3) is 0.429. The summed E-state index contributed by atoms with van der Waals surface area (Å²) < 4.78 is 0. The molecule has 19 heavy (non-hydrogen) atoms. The molecule has 4 nitrogen and oxygen atoms in total. The van der Waals surface area contributed by atoms with Crippen LogP contribution in [0.3, 0.4) is 0 Å². The summed E-state index contributed by atoms with van der Waals surface area (Å²) in [5, 5.41) is 10.6. The second-order valence-electron chi connectivity index (χ2n) is 4.67. The molecule has 2 aromatic heterocycles. The number of aromatic nitrogens is 2. The van der Waals surface area contributed by atoms with Gasteiger partial charge in [0.15, 0.2) is 5.82 Å². The van der Waals surface area contributed by atoms with Crippen LogP contribution in [0.4, 0.5) is 5.82 Å². The van der Waals surface area contributed by atoms with Gasteiger partial charge in [0, 0.05) is 30.6 Å². The monoisotopic (exact) mass is 276 g/mol. The van der Waals surface area contributed by atoms with Gasteiger partial charge >= 0.3 is 0 Å². The second kappa shape index (κ2) is 6.12. The lowest BCUT2D eigenvalue weighted by Crippen LogP contribution is -2.24. The van der Waals surface area contributed by atoms with Gasteiger partial charge in [-0.1, -0.05) is 6.07 Å². The Hall–Kier alpha value is -1.46. The van der Waals surface area contributed by atoms with E-state index in [1.807, 2.05) is 14.0 Å². The Morgan fingerprint density at radius 2 is 2.11 bits per heavy atom. The normalized spacial score (nSPS) is 10.7. The SMILES string of the molecule is Cc1nnc(N(C)CCc2cccs2)c(CN)c1C. The van der Waals surface area contributed by atoms with Crippen LogP contribution in [0, 0.1) is 13.8 Å². The number of aryl methyl sites for hydroxylation is 1. The van der Waals surface area contributed by atoms with E-state index in [2.05, 4.69) is 39.5 Å². The molecule has 0 unspecified atom stereocenters. The molecule has 5 heteroatoms. The molecule has 2 heterocycles. The number of hydrogen-bond acceptors (Lipinski definition) is 5. The molecule has 0 fully saturated rings. The van der Waals surface area contributed by atoms with Crippen LogP contribution in [0.1, 0.15) is 21.7 Å². The van der Waals surface area contributed by atoms with Crippen LogP contribution < -0.4 is 10.6 Å². The smallest absolute Gasteiger partial charge is 0.155 e. The number of anilines is 1. The quantitative estimate of drug-likeness (QED) is 0.910. The standard InChI is InChI=1S/C14H20N4S/c1-10-11(2)16-17-14(13(10)9-15)18(3)7-6-12-5-4-8-19-12/h4-5,8H,6-7,9,15H2,1-3H3.